The second-order valence-electron chi connectivity index (χ2n) is 3.51. The summed E-state index contributed by atoms with van der Waals surface area (Å²) in [5.74, 6) is -1.15. The summed E-state index contributed by atoms with van der Waals surface area (Å²) in [7, 11) is 0. The molecule has 1 aromatic carbocycles. The summed E-state index contributed by atoms with van der Waals surface area (Å²) in [6.45, 7) is 1.92. The number of hydrogen-bond acceptors (Lipinski definition) is 5. The first-order valence-electron chi connectivity index (χ1n) is 5.45. The zero-order valence-corrected chi connectivity index (χ0v) is 10.7. The Morgan fingerprint density at radius 1 is 1.58 bits per heavy atom. The van der Waals surface area contributed by atoms with E-state index >= 15 is 0 Å². The van der Waals surface area contributed by atoms with Gasteiger partial charge in [-0.05, 0) is 25.1 Å². The molecule has 0 saturated heterocycles. The van der Waals surface area contributed by atoms with Gasteiger partial charge in [0.15, 0.2) is 5.69 Å². The zero-order valence-electron chi connectivity index (χ0n) is 9.94. The van der Waals surface area contributed by atoms with Crippen molar-refractivity contribution in [3.8, 4) is 0 Å². The number of ether oxygens (including phenoxy) is 1. The van der Waals surface area contributed by atoms with Gasteiger partial charge in [-0.15, -0.1) is 0 Å². The molecule has 0 saturated carbocycles. The lowest BCUT2D eigenvalue weighted by Crippen LogP contribution is -2.05. The van der Waals surface area contributed by atoms with Crippen molar-refractivity contribution in [2.45, 2.75) is 6.92 Å². The lowest BCUT2D eigenvalue weighted by atomic mass is 10.3. The highest BCUT2D eigenvalue weighted by atomic mass is 35.5. The van der Waals surface area contributed by atoms with Crippen molar-refractivity contribution in [1.29, 1.82) is 0 Å². The van der Waals surface area contributed by atoms with E-state index in [0.717, 1.165) is 12.3 Å². The molecule has 100 valence electrons. The molecule has 1 N–H and O–H groups in total. The molecule has 0 spiro atoms. The van der Waals surface area contributed by atoms with E-state index in [4.69, 9.17) is 20.8 Å². The zero-order chi connectivity index (χ0) is 13.8. The van der Waals surface area contributed by atoms with Gasteiger partial charge >= 0.3 is 5.97 Å². The van der Waals surface area contributed by atoms with Crippen LogP contribution in [0.25, 0.3) is 0 Å². The maximum Gasteiger partial charge on any atom is 0.360 e. The van der Waals surface area contributed by atoms with Gasteiger partial charge in [0.1, 0.15) is 12.1 Å². The fourth-order valence-electron chi connectivity index (χ4n) is 1.34. The largest absolute Gasteiger partial charge is 0.461 e. The van der Waals surface area contributed by atoms with Gasteiger partial charge in [0.25, 0.3) is 6.01 Å². The topological polar surface area (TPSA) is 64.4 Å². The van der Waals surface area contributed by atoms with E-state index in [1.54, 1.807) is 6.92 Å². The maximum atomic E-state index is 13.5. The molecule has 0 aliphatic carbocycles. The van der Waals surface area contributed by atoms with Gasteiger partial charge < -0.3 is 14.5 Å². The SMILES string of the molecule is CCOC(=O)c1coc(Nc2ccc(Cl)cc2F)n1. The first kappa shape index (κ1) is 13.4. The first-order valence-corrected chi connectivity index (χ1v) is 5.82. The standard InChI is InChI=1S/C12H10ClFN2O3/c1-2-18-11(17)10-6-19-12(16-10)15-9-4-3-7(13)5-8(9)14/h3-6H,2H2,1H3,(H,15,16). The number of oxazole rings is 1. The van der Waals surface area contributed by atoms with Crippen LogP contribution in [0.1, 0.15) is 17.4 Å². The number of nitrogens with zero attached hydrogens (tertiary/aromatic N) is 1. The number of esters is 1. The average molecular weight is 285 g/mol. The molecule has 2 aromatic rings. The van der Waals surface area contributed by atoms with Crippen molar-refractivity contribution in [3.05, 3.63) is 41.0 Å². The third-order valence-corrected chi connectivity index (χ3v) is 2.40. The lowest BCUT2D eigenvalue weighted by Gasteiger charge is -2.03. The average Bonchev–Trinajstić information content (AvgIpc) is 2.82. The number of aromatic nitrogens is 1. The minimum Gasteiger partial charge on any atom is -0.461 e. The summed E-state index contributed by atoms with van der Waals surface area (Å²) >= 11 is 5.63. The van der Waals surface area contributed by atoms with Crippen LogP contribution in [0.2, 0.25) is 5.02 Å². The molecule has 0 amide bonds. The Balaban J connectivity index is 2.13. The fourth-order valence-corrected chi connectivity index (χ4v) is 1.49. The third-order valence-electron chi connectivity index (χ3n) is 2.16. The predicted molar refractivity (Wildman–Crippen MR) is 67.2 cm³/mol. The van der Waals surface area contributed by atoms with E-state index in [-0.39, 0.29) is 29.0 Å². The van der Waals surface area contributed by atoms with Gasteiger partial charge in [0, 0.05) is 5.02 Å². The summed E-state index contributed by atoms with van der Waals surface area (Å²) in [6.07, 6.45) is 1.13. The quantitative estimate of drug-likeness (QED) is 0.872. The van der Waals surface area contributed by atoms with E-state index in [2.05, 4.69) is 10.3 Å². The predicted octanol–water partition coefficient (Wildman–Crippen LogP) is 3.39. The van der Waals surface area contributed by atoms with E-state index < -0.39 is 11.8 Å². The van der Waals surface area contributed by atoms with Crippen molar-refractivity contribution < 1.29 is 18.3 Å². The summed E-state index contributed by atoms with van der Waals surface area (Å²) in [4.78, 5) is 15.2. The number of halogens is 2. The Morgan fingerprint density at radius 3 is 3.05 bits per heavy atom. The molecule has 0 radical (unpaired) electrons. The first-order chi connectivity index (χ1) is 9.10. The van der Waals surface area contributed by atoms with Crippen LogP contribution in [-0.2, 0) is 4.74 Å². The number of hydrogen-bond donors (Lipinski definition) is 1. The molecule has 19 heavy (non-hydrogen) atoms. The molecule has 2 rings (SSSR count). The summed E-state index contributed by atoms with van der Waals surface area (Å²) in [5, 5.41) is 2.88. The summed E-state index contributed by atoms with van der Waals surface area (Å²) in [5.41, 5.74) is 0.153. The van der Waals surface area contributed by atoms with Gasteiger partial charge in [0.05, 0.1) is 12.3 Å². The van der Waals surface area contributed by atoms with Crippen molar-refractivity contribution in [3.63, 3.8) is 0 Å². The van der Waals surface area contributed by atoms with Gasteiger partial charge in [-0.3, -0.25) is 0 Å². The normalized spacial score (nSPS) is 10.3. The van der Waals surface area contributed by atoms with Crippen LogP contribution < -0.4 is 5.32 Å². The second-order valence-corrected chi connectivity index (χ2v) is 3.94. The van der Waals surface area contributed by atoms with Crippen molar-refractivity contribution in [2.24, 2.45) is 0 Å². The van der Waals surface area contributed by atoms with Gasteiger partial charge in [-0.25, -0.2) is 9.18 Å². The van der Waals surface area contributed by atoms with Crippen molar-refractivity contribution in [2.75, 3.05) is 11.9 Å². The minimum absolute atomic E-state index is 0.00993. The number of benzene rings is 1. The van der Waals surface area contributed by atoms with E-state index in [0.29, 0.717) is 0 Å². The molecule has 0 atom stereocenters. The van der Waals surface area contributed by atoms with Crippen LogP contribution in [0.3, 0.4) is 0 Å². The maximum absolute atomic E-state index is 13.5. The number of carbonyl (C=O) groups is 1. The Bertz CT molecular complexity index is 600. The molecule has 0 fully saturated rings. The number of rotatable bonds is 4. The molecule has 5 nitrogen and oxygen atoms in total. The van der Waals surface area contributed by atoms with Crippen LogP contribution in [-0.4, -0.2) is 17.6 Å². The molecule has 7 heteroatoms. The molecule has 0 aliphatic heterocycles. The van der Waals surface area contributed by atoms with E-state index in [9.17, 15) is 9.18 Å². The van der Waals surface area contributed by atoms with Crippen LogP contribution in [0.15, 0.2) is 28.9 Å². The Kier molecular flexibility index (Phi) is 4.01. The van der Waals surface area contributed by atoms with Gasteiger partial charge in [-0.1, -0.05) is 11.6 Å². The highest BCUT2D eigenvalue weighted by Crippen LogP contribution is 2.22. The number of anilines is 2. The summed E-state index contributed by atoms with van der Waals surface area (Å²) < 4.78 is 23.3. The van der Waals surface area contributed by atoms with Crippen molar-refractivity contribution in [1.82, 2.24) is 4.98 Å². The molecular formula is C12H10ClFN2O3. The monoisotopic (exact) mass is 284 g/mol. The highest BCUT2D eigenvalue weighted by Gasteiger charge is 2.14. The second kappa shape index (κ2) is 5.71. The molecule has 0 aliphatic rings. The Hall–Kier alpha value is -2.08. The molecule has 0 unspecified atom stereocenters. The van der Waals surface area contributed by atoms with Crippen LogP contribution in [0.5, 0.6) is 0 Å². The lowest BCUT2D eigenvalue weighted by molar-refractivity contribution is 0.0519. The molecule has 1 aromatic heterocycles. The van der Waals surface area contributed by atoms with Crippen LogP contribution in [0, 0.1) is 5.82 Å². The Labute approximate surface area is 113 Å². The molecule has 0 bridgehead atoms. The molecule has 1 heterocycles. The van der Waals surface area contributed by atoms with Crippen molar-refractivity contribution >= 4 is 29.3 Å². The number of carbonyl (C=O) groups excluding carboxylic acids is 1. The van der Waals surface area contributed by atoms with Crippen LogP contribution in [0.4, 0.5) is 16.1 Å². The van der Waals surface area contributed by atoms with Gasteiger partial charge in [-0.2, -0.15) is 4.98 Å². The third kappa shape index (κ3) is 3.23. The molecular weight excluding hydrogens is 275 g/mol. The minimum atomic E-state index is -0.601. The smallest absolute Gasteiger partial charge is 0.360 e. The van der Waals surface area contributed by atoms with Crippen LogP contribution >= 0.6 is 11.6 Å². The number of nitrogens with one attached hydrogen (secondary N) is 1. The highest BCUT2D eigenvalue weighted by molar-refractivity contribution is 6.30. The van der Waals surface area contributed by atoms with E-state index in [1.165, 1.54) is 12.1 Å². The Morgan fingerprint density at radius 2 is 2.37 bits per heavy atom. The fraction of sp³-hybridized carbons (Fsp3) is 0.167. The van der Waals surface area contributed by atoms with Gasteiger partial charge in [0.2, 0.25) is 0 Å². The summed E-state index contributed by atoms with van der Waals surface area (Å²) in [6, 6.07) is 4.09. The van der Waals surface area contributed by atoms with E-state index in [1.807, 2.05) is 0 Å².